The van der Waals surface area contributed by atoms with Crippen LogP contribution in [0.15, 0.2) is 24.3 Å². The number of carbonyl (C=O) groups is 3. The van der Waals surface area contributed by atoms with Gasteiger partial charge in [0.05, 0.1) is 48.3 Å². The van der Waals surface area contributed by atoms with Gasteiger partial charge in [-0.3, -0.25) is 14.5 Å². The average Bonchev–Trinajstić information content (AvgIpc) is 3.78. The molecule has 14 atom stereocenters. The Morgan fingerprint density at radius 3 is 2.52 bits per heavy atom. The van der Waals surface area contributed by atoms with E-state index in [0.29, 0.717) is 13.0 Å². The SMILES string of the molecule is CCN1CC2(COC(=O)c3ccccc3N3C(=O)CC(C)C3=O)CCC(OC)C34C5CC6C(OC)C5C5(C[C@@H]6OC)OCOC5(C(OC)C23)C14. The largest absolute Gasteiger partial charge is 0.461 e. The zero-order valence-electron chi connectivity index (χ0n) is 29.9. The molecule has 0 aromatic heterocycles. The van der Waals surface area contributed by atoms with E-state index >= 15 is 0 Å². The molecule has 3 saturated heterocycles. The van der Waals surface area contributed by atoms with Gasteiger partial charge in [-0.1, -0.05) is 26.0 Å². The molecular formula is C38H50N2O10. The molecule has 1 aromatic rings. The highest BCUT2D eigenvalue weighted by Gasteiger charge is 2.94. The van der Waals surface area contributed by atoms with Gasteiger partial charge in [-0.2, -0.15) is 0 Å². The minimum atomic E-state index is -0.820. The van der Waals surface area contributed by atoms with Crippen molar-refractivity contribution in [2.24, 2.45) is 40.4 Å². The maximum absolute atomic E-state index is 14.2. The molecule has 12 heteroatoms. The summed E-state index contributed by atoms with van der Waals surface area (Å²) in [5, 5.41) is 0. The number of likely N-dealkylation sites (N-methyl/N-ethyl adjacent to an activating group) is 1. The third-order valence-electron chi connectivity index (χ3n) is 15.1. The summed E-state index contributed by atoms with van der Waals surface area (Å²) < 4.78 is 46.5. The second kappa shape index (κ2) is 11.3. The molecule has 9 rings (SSSR count). The van der Waals surface area contributed by atoms with E-state index in [-0.39, 0.29) is 97.0 Å². The lowest BCUT2D eigenvalue weighted by Crippen LogP contribution is -2.81. The Kier molecular flexibility index (Phi) is 7.53. The van der Waals surface area contributed by atoms with Gasteiger partial charge in [-0.15, -0.1) is 0 Å². The Bertz CT molecular complexity index is 1610. The number of carbonyl (C=O) groups excluding carboxylic acids is 3. The fraction of sp³-hybridized carbons (Fsp3) is 0.763. The number of ether oxygens (including phenoxy) is 7. The van der Waals surface area contributed by atoms with Crippen molar-refractivity contribution in [3.8, 4) is 0 Å². The van der Waals surface area contributed by atoms with Crippen LogP contribution in [-0.4, -0.2) is 119 Å². The van der Waals surface area contributed by atoms with Crippen molar-refractivity contribution in [3.05, 3.63) is 29.8 Å². The lowest BCUT2D eigenvalue weighted by atomic mass is 9.42. The number of rotatable bonds is 9. The Morgan fingerprint density at radius 1 is 1.04 bits per heavy atom. The maximum atomic E-state index is 14.2. The molecule has 50 heavy (non-hydrogen) atoms. The number of piperidine rings is 1. The zero-order valence-corrected chi connectivity index (χ0v) is 29.9. The number of hydrogen-bond donors (Lipinski definition) is 0. The van der Waals surface area contributed by atoms with E-state index in [1.54, 1.807) is 45.4 Å². The van der Waals surface area contributed by atoms with Crippen LogP contribution in [0.2, 0.25) is 0 Å². The Morgan fingerprint density at radius 2 is 1.84 bits per heavy atom. The van der Waals surface area contributed by atoms with Gasteiger partial charge in [-0.25, -0.2) is 9.69 Å². The molecule has 0 radical (unpaired) electrons. The van der Waals surface area contributed by atoms with E-state index in [2.05, 4.69) is 11.8 Å². The van der Waals surface area contributed by atoms with Gasteiger partial charge in [0.1, 0.15) is 18.0 Å². The summed E-state index contributed by atoms with van der Waals surface area (Å²) in [5.41, 5.74) is -1.91. The molecule has 8 fully saturated rings. The molecule has 7 bridgehead atoms. The number of hydrogen-bond acceptors (Lipinski definition) is 11. The summed E-state index contributed by atoms with van der Waals surface area (Å²) >= 11 is 0. The van der Waals surface area contributed by atoms with Gasteiger partial charge in [0.2, 0.25) is 11.8 Å². The molecule has 2 amide bonds. The van der Waals surface area contributed by atoms with Crippen molar-refractivity contribution in [2.45, 2.75) is 87.6 Å². The predicted octanol–water partition coefficient (Wildman–Crippen LogP) is 3.05. The molecule has 3 heterocycles. The van der Waals surface area contributed by atoms with Gasteiger partial charge < -0.3 is 33.2 Å². The minimum absolute atomic E-state index is 0.0457. The van der Waals surface area contributed by atoms with Crippen LogP contribution < -0.4 is 4.90 Å². The highest BCUT2D eigenvalue weighted by molar-refractivity contribution is 6.22. The number of nitrogens with zero attached hydrogens (tertiary/aromatic N) is 2. The number of fused-ring (bicyclic) bond motifs is 1. The standard InChI is InChI=1S/C38H50N2O10/c1-7-39-17-35(18-48-33(43)21-10-8-9-11-24(21)40-27(41)14-20(2)32(40)42)13-12-26(45-4)37-23-15-22-25(44-3)16-36(28(23)29(22)46-5)38(34(37)39,50-19-49-36)31(47-6)30(35)37/h8-11,20,22-23,25-26,28-31,34H,7,12-19H2,1-6H3/t20?,22?,23?,25-,26?,28?,29?,30?,31?,34?,35?,36?,37?,38?/m0/s1. The summed E-state index contributed by atoms with van der Waals surface area (Å²) in [6, 6.07) is 6.72. The molecule has 8 aliphatic rings. The molecule has 1 aromatic carbocycles. The third kappa shape index (κ3) is 3.64. The average molecular weight is 695 g/mol. The number of para-hydroxylation sites is 1. The van der Waals surface area contributed by atoms with E-state index in [1.165, 1.54) is 0 Å². The monoisotopic (exact) mass is 694 g/mol. The summed E-state index contributed by atoms with van der Waals surface area (Å²) in [6.45, 7) is 5.73. The van der Waals surface area contributed by atoms with Gasteiger partial charge in [0.15, 0.2) is 0 Å². The van der Waals surface area contributed by atoms with Crippen LogP contribution in [0.3, 0.4) is 0 Å². The second-order valence-electron chi connectivity index (χ2n) is 16.3. The van der Waals surface area contributed by atoms with E-state index in [1.807, 2.05) is 14.2 Å². The molecule has 272 valence electrons. The molecule has 13 unspecified atom stereocenters. The number of esters is 1. The zero-order chi connectivity index (χ0) is 35.0. The number of likely N-dealkylation sites (tertiary alicyclic amines) is 1. The molecule has 5 saturated carbocycles. The van der Waals surface area contributed by atoms with Gasteiger partial charge in [-0.05, 0) is 43.9 Å². The summed E-state index contributed by atoms with van der Waals surface area (Å²) in [4.78, 5) is 43.8. The molecule has 5 aliphatic carbocycles. The first-order valence-corrected chi connectivity index (χ1v) is 18.4. The fourth-order valence-electron chi connectivity index (χ4n) is 13.9. The second-order valence-corrected chi connectivity index (χ2v) is 16.3. The lowest BCUT2D eigenvalue weighted by molar-refractivity contribution is -0.286. The Balaban J connectivity index is 1.16. The van der Waals surface area contributed by atoms with Crippen molar-refractivity contribution < 1.29 is 47.5 Å². The summed E-state index contributed by atoms with van der Waals surface area (Å²) in [7, 11) is 7.24. The van der Waals surface area contributed by atoms with Crippen LogP contribution >= 0.6 is 0 Å². The number of anilines is 1. The summed E-state index contributed by atoms with van der Waals surface area (Å²) in [6.07, 6.45) is 2.77. The highest BCUT2D eigenvalue weighted by atomic mass is 16.7. The predicted molar refractivity (Wildman–Crippen MR) is 177 cm³/mol. The van der Waals surface area contributed by atoms with E-state index < -0.39 is 33.9 Å². The smallest absolute Gasteiger partial charge is 0.340 e. The minimum Gasteiger partial charge on any atom is -0.461 e. The lowest BCUT2D eigenvalue weighted by Gasteiger charge is -2.70. The van der Waals surface area contributed by atoms with Crippen LogP contribution in [0.4, 0.5) is 5.69 Å². The van der Waals surface area contributed by atoms with Crippen molar-refractivity contribution >= 4 is 23.5 Å². The van der Waals surface area contributed by atoms with Crippen molar-refractivity contribution in [3.63, 3.8) is 0 Å². The van der Waals surface area contributed by atoms with Crippen molar-refractivity contribution in [2.75, 3.05) is 59.8 Å². The fourth-order valence-corrected chi connectivity index (χ4v) is 13.9. The van der Waals surface area contributed by atoms with Gasteiger partial charge >= 0.3 is 5.97 Å². The van der Waals surface area contributed by atoms with E-state index in [0.717, 1.165) is 30.7 Å². The van der Waals surface area contributed by atoms with Gasteiger partial charge in [0.25, 0.3) is 0 Å². The maximum Gasteiger partial charge on any atom is 0.340 e. The number of methoxy groups -OCH3 is 4. The topological polar surface area (TPSA) is 122 Å². The highest BCUT2D eigenvalue weighted by Crippen LogP contribution is 2.82. The Hall–Kier alpha value is -2.45. The van der Waals surface area contributed by atoms with E-state index in [4.69, 9.17) is 33.2 Å². The van der Waals surface area contributed by atoms with Crippen molar-refractivity contribution in [1.82, 2.24) is 4.90 Å². The van der Waals surface area contributed by atoms with Crippen molar-refractivity contribution in [1.29, 1.82) is 0 Å². The van der Waals surface area contributed by atoms with Crippen LogP contribution in [-0.2, 0) is 42.7 Å². The quantitative estimate of drug-likeness (QED) is 0.280. The van der Waals surface area contributed by atoms with Gasteiger partial charge in [0, 0.05) is 82.3 Å². The first kappa shape index (κ1) is 33.4. The summed E-state index contributed by atoms with van der Waals surface area (Å²) in [5.74, 6) is -1.22. The molecule has 12 nitrogen and oxygen atoms in total. The first-order valence-electron chi connectivity index (χ1n) is 18.4. The Labute approximate surface area is 293 Å². The normalized spacial score (nSPS) is 48.3. The van der Waals surface area contributed by atoms with E-state index in [9.17, 15) is 14.4 Å². The molecule has 3 spiro atoms. The van der Waals surface area contributed by atoms with Crippen LogP contribution in [0.5, 0.6) is 0 Å². The number of benzene rings is 1. The third-order valence-corrected chi connectivity index (χ3v) is 15.1. The number of imide groups is 1. The first-order chi connectivity index (χ1) is 24.1. The molecule has 3 aliphatic heterocycles. The molecular weight excluding hydrogens is 644 g/mol. The van der Waals surface area contributed by atoms with Crippen LogP contribution in [0.25, 0.3) is 0 Å². The van der Waals surface area contributed by atoms with Crippen LogP contribution in [0.1, 0.15) is 56.3 Å². The molecule has 0 N–H and O–H groups in total. The number of amides is 2. The van der Waals surface area contributed by atoms with Crippen LogP contribution in [0, 0.1) is 40.4 Å².